The lowest BCUT2D eigenvalue weighted by atomic mass is 9.69. The average Bonchev–Trinajstić information content (AvgIpc) is 3.35. The van der Waals surface area contributed by atoms with Gasteiger partial charge >= 0.3 is 0 Å². The average molecular weight is 418 g/mol. The van der Waals surface area contributed by atoms with Crippen LogP contribution < -0.4 is 10.6 Å². The molecule has 2 aliphatic carbocycles. The number of nitrogens with zero attached hydrogens (tertiary/aromatic N) is 1. The highest BCUT2D eigenvalue weighted by molar-refractivity contribution is 7.14. The van der Waals surface area contributed by atoms with E-state index in [4.69, 9.17) is 0 Å². The van der Waals surface area contributed by atoms with Gasteiger partial charge in [0.05, 0.1) is 18.5 Å². The van der Waals surface area contributed by atoms with Gasteiger partial charge in [0, 0.05) is 16.3 Å². The second kappa shape index (κ2) is 7.26. The van der Waals surface area contributed by atoms with Gasteiger partial charge in [0.25, 0.3) is 0 Å². The summed E-state index contributed by atoms with van der Waals surface area (Å²) in [5.74, 6) is 0.647. The van der Waals surface area contributed by atoms with Crippen LogP contribution in [0.1, 0.15) is 50.6 Å². The zero-order chi connectivity index (χ0) is 19.9. The summed E-state index contributed by atoms with van der Waals surface area (Å²) in [6.07, 6.45) is 4.15. The molecule has 0 saturated heterocycles. The largest absolute Gasteiger partial charge is 0.352 e. The molecule has 28 heavy (non-hydrogen) atoms. The molecule has 0 radical (unpaired) electrons. The molecule has 2 aromatic heterocycles. The molecule has 2 amide bonds. The Morgan fingerprint density at radius 1 is 1.21 bits per heavy atom. The lowest BCUT2D eigenvalue weighted by Gasteiger charge is -2.39. The summed E-state index contributed by atoms with van der Waals surface area (Å²) < 4.78 is 0. The number of anilines is 1. The lowest BCUT2D eigenvalue weighted by Crippen LogP contribution is -2.47. The van der Waals surface area contributed by atoms with Gasteiger partial charge < -0.3 is 10.6 Å². The molecule has 3 unspecified atom stereocenters. The van der Waals surface area contributed by atoms with E-state index in [1.54, 1.807) is 11.3 Å². The standard InChI is InChI=1S/C21H27N3O2S2/c1-20(2)13-6-7-21(20,3)16(9-13)23-17(25)10-14-12-28-19(22-14)24-18(26)11-15-5-4-8-27-15/h4-5,8,12-13,16H,6-7,9-11H2,1-3H3,(H,23,25)(H,22,24,26). The minimum absolute atomic E-state index is 0.0244. The molecule has 0 spiro atoms. The number of aromatic nitrogens is 1. The lowest BCUT2D eigenvalue weighted by molar-refractivity contribution is -0.122. The zero-order valence-electron chi connectivity index (χ0n) is 16.6. The van der Waals surface area contributed by atoms with Crippen molar-refractivity contribution < 1.29 is 9.59 Å². The number of carbonyl (C=O) groups excluding carboxylic acids is 2. The zero-order valence-corrected chi connectivity index (χ0v) is 18.2. The van der Waals surface area contributed by atoms with Crippen LogP contribution in [0.4, 0.5) is 5.13 Å². The fraction of sp³-hybridized carbons (Fsp3) is 0.571. The number of amides is 2. The van der Waals surface area contributed by atoms with Crippen LogP contribution in [0.3, 0.4) is 0 Å². The Hall–Kier alpha value is -1.73. The van der Waals surface area contributed by atoms with Gasteiger partial charge in [-0.1, -0.05) is 26.8 Å². The second-order valence-corrected chi connectivity index (χ2v) is 10.7. The first-order chi connectivity index (χ1) is 13.3. The molecular weight excluding hydrogens is 390 g/mol. The maximum absolute atomic E-state index is 12.6. The third-order valence-electron chi connectivity index (χ3n) is 7.18. The van der Waals surface area contributed by atoms with Crippen LogP contribution in [0.2, 0.25) is 0 Å². The van der Waals surface area contributed by atoms with Gasteiger partial charge in [-0.25, -0.2) is 4.98 Å². The second-order valence-electron chi connectivity index (χ2n) is 8.86. The van der Waals surface area contributed by atoms with Gasteiger partial charge in [0.1, 0.15) is 0 Å². The Kier molecular flexibility index (Phi) is 5.08. The van der Waals surface area contributed by atoms with Gasteiger partial charge in [-0.3, -0.25) is 9.59 Å². The SMILES string of the molecule is CC1(C)C2CCC1(C)C(NC(=O)Cc1csc(NC(=O)Cc3cccs3)n1)C2. The Morgan fingerprint density at radius 2 is 2.04 bits per heavy atom. The number of hydrogen-bond acceptors (Lipinski definition) is 5. The van der Waals surface area contributed by atoms with E-state index in [0.717, 1.165) is 11.3 Å². The number of hydrogen-bond donors (Lipinski definition) is 2. The number of rotatable bonds is 6. The number of carbonyl (C=O) groups is 2. The summed E-state index contributed by atoms with van der Waals surface area (Å²) in [5.41, 5.74) is 1.17. The number of thiophene rings is 1. The van der Waals surface area contributed by atoms with Crippen molar-refractivity contribution in [2.75, 3.05) is 5.32 Å². The molecular formula is C21H27N3O2S2. The fourth-order valence-corrected chi connectivity index (χ4v) is 6.44. The van der Waals surface area contributed by atoms with E-state index < -0.39 is 0 Å². The summed E-state index contributed by atoms with van der Waals surface area (Å²) in [5, 5.41) is 10.5. The van der Waals surface area contributed by atoms with Crippen LogP contribution >= 0.6 is 22.7 Å². The highest BCUT2D eigenvalue weighted by atomic mass is 32.1. The van der Waals surface area contributed by atoms with Crippen molar-refractivity contribution >= 4 is 39.6 Å². The minimum Gasteiger partial charge on any atom is -0.352 e. The normalized spacial score (nSPS) is 27.7. The van der Waals surface area contributed by atoms with E-state index in [1.807, 2.05) is 22.9 Å². The Bertz CT molecular complexity index is 874. The van der Waals surface area contributed by atoms with E-state index in [1.165, 1.54) is 24.2 Å². The first-order valence-electron chi connectivity index (χ1n) is 9.84. The molecule has 2 heterocycles. The molecule has 2 aromatic rings. The van der Waals surface area contributed by atoms with E-state index in [-0.39, 0.29) is 35.1 Å². The van der Waals surface area contributed by atoms with Gasteiger partial charge in [-0.2, -0.15) is 0 Å². The van der Waals surface area contributed by atoms with Crippen LogP contribution in [-0.2, 0) is 22.4 Å². The third kappa shape index (κ3) is 3.50. The van der Waals surface area contributed by atoms with Crippen molar-refractivity contribution in [2.24, 2.45) is 16.7 Å². The summed E-state index contributed by atoms with van der Waals surface area (Å²) in [6, 6.07) is 4.13. The van der Waals surface area contributed by atoms with Gasteiger partial charge in [-0.15, -0.1) is 22.7 Å². The van der Waals surface area contributed by atoms with Gasteiger partial charge in [-0.05, 0) is 47.5 Å². The van der Waals surface area contributed by atoms with E-state index >= 15 is 0 Å². The predicted octanol–water partition coefficient (Wildman–Crippen LogP) is 4.26. The van der Waals surface area contributed by atoms with E-state index in [0.29, 0.717) is 23.2 Å². The first-order valence-corrected chi connectivity index (χ1v) is 11.6. The summed E-state index contributed by atoms with van der Waals surface area (Å²) in [7, 11) is 0. The van der Waals surface area contributed by atoms with E-state index in [9.17, 15) is 9.59 Å². The molecule has 7 heteroatoms. The van der Waals surface area contributed by atoms with Crippen LogP contribution in [0.15, 0.2) is 22.9 Å². The molecule has 3 atom stereocenters. The number of fused-ring (bicyclic) bond motifs is 2. The fourth-order valence-electron chi connectivity index (χ4n) is 5.01. The Balaban J connectivity index is 1.31. The molecule has 2 bridgehead atoms. The Labute approximate surface area is 174 Å². The summed E-state index contributed by atoms with van der Waals surface area (Å²) >= 11 is 2.93. The molecule has 2 saturated carbocycles. The van der Waals surface area contributed by atoms with Crippen molar-refractivity contribution in [3.8, 4) is 0 Å². The molecule has 2 N–H and O–H groups in total. The number of thiazole rings is 1. The minimum atomic E-state index is -0.0788. The monoisotopic (exact) mass is 417 g/mol. The molecule has 2 fully saturated rings. The van der Waals surface area contributed by atoms with Crippen molar-refractivity contribution in [2.45, 2.75) is 58.9 Å². The molecule has 4 rings (SSSR count). The molecule has 150 valence electrons. The number of nitrogens with one attached hydrogen (secondary N) is 2. The van der Waals surface area contributed by atoms with Gasteiger partial charge in [0.15, 0.2) is 5.13 Å². The molecule has 2 aliphatic rings. The maximum atomic E-state index is 12.6. The predicted molar refractivity (Wildman–Crippen MR) is 114 cm³/mol. The highest BCUT2D eigenvalue weighted by Crippen LogP contribution is 2.65. The van der Waals surface area contributed by atoms with E-state index in [2.05, 4.69) is 36.4 Å². The van der Waals surface area contributed by atoms with Crippen molar-refractivity contribution in [1.82, 2.24) is 10.3 Å². The van der Waals surface area contributed by atoms with Gasteiger partial charge in [0.2, 0.25) is 11.8 Å². The van der Waals surface area contributed by atoms with Crippen molar-refractivity contribution in [1.29, 1.82) is 0 Å². The summed E-state index contributed by atoms with van der Waals surface area (Å²) in [6.45, 7) is 7.03. The van der Waals surface area contributed by atoms with Crippen molar-refractivity contribution in [3.63, 3.8) is 0 Å². The van der Waals surface area contributed by atoms with Crippen LogP contribution in [0.25, 0.3) is 0 Å². The molecule has 5 nitrogen and oxygen atoms in total. The first kappa shape index (κ1) is 19.6. The van der Waals surface area contributed by atoms with Crippen LogP contribution in [0.5, 0.6) is 0 Å². The quantitative estimate of drug-likeness (QED) is 0.738. The topological polar surface area (TPSA) is 71.1 Å². The Morgan fingerprint density at radius 3 is 2.68 bits per heavy atom. The van der Waals surface area contributed by atoms with Crippen LogP contribution in [0, 0.1) is 16.7 Å². The molecule has 0 aromatic carbocycles. The smallest absolute Gasteiger partial charge is 0.231 e. The maximum Gasteiger partial charge on any atom is 0.231 e. The van der Waals surface area contributed by atoms with Crippen molar-refractivity contribution in [3.05, 3.63) is 33.5 Å². The third-order valence-corrected chi connectivity index (χ3v) is 8.87. The highest BCUT2D eigenvalue weighted by Gasteiger charge is 2.61. The summed E-state index contributed by atoms with van der Waals surface area (Å²) in [4.78, 5) is 30.1. The molecule has 0 aliphatic heterocycles. The van der Waals surface area contributed by atoms with Crippen LogP contribution in [-0.4, -0.2) is 22.8 Å².